The van der Waals surface area contributed by atoms with E-state index in [2.05, 4.69) is 18.9 Å². The largest absolute Gasteiger partial charge is 0.497 e. The van der Waals surface area contributed by atoms with Crippen molar-refractivity contribution in [2.24, 2.45) is 0 Å². The van der Waals surface area contributed by atoms with E-state index in [1.165, 1.54) is 0 Å². The van der Waals surface area contributed by atoms with Gasteiger partial charge in [0.15, 0.2) is 0 Å². The van der Waals surface area contributed by atoms with Gasteiger partial charge in [0.1, 0.15) is 11.5 Å². The number of amides is 1. The molecular formula is C19H30N2O3. The lowest BCUT2D eigenvalue weighted by molar-refractivity contribution is -0.133. The maximum absolute atomic E-state index is 12.6. The summed E-state index contributed by atoms with van der Waals surface area (Å²) in [6.07, 6.45) is 3.24. The highest BCUT2D eigenvalue weighted by Gasteiger charge is 2.27. The smallest absolute Gasteiger partial charge is 0.222 e. The number of nitrogens with zero attached hydrogens (tertiary/aromatic N) is 2. The Balaban J connectivity index is 1.95. The summed E-state index contributed by atoms with van der Waals surface area (Å²) in [4.78, 5) is 16.9. The van der Waals surface area contributed by atoms with Crippen LogP contribution < -0.4 is 9.47 Å². The molecule has 5 heteroatoms. The Labute approximate surface area is 145 Å². The zero-order chi connectivity index (χ0) is 17.7. The topological polar surface area (TPSA) is 42.0 Å². The minimum atomic E-state index is 0.196. The van der Waals surface area contributed by atoms with Crippen molar-refractivity contribution in [2.75, 3.05) is 34.9 Å². The van der Waals surface area contributed by atoms with Gasteiger partial charge in [-0.15, -0.1) is 0 Å². The summed E-state index contributed by atoms with van der Waals surface area (Å²) in [6, 6.07) is 6.58. The zero-order valence-electron chi connectivity index (χ0n) is 15.5. The third kappa shape index (κ3) is 4.41. The molecule has 1 fully saturated rings. The van der Waals surface area contributed by atoms with Crippen LogP contribution in [0.25, 0.3) is 0 Å². The molecule has 2 rings (SSSR count). The van der Waals surface area contributed by atoms with Crippen molar-refractivity contribution < 1.29 is 14.3 Å². The number of likely N-dealkylation sites (tertiary alicyclic amines) is 1. The van der Waals surface area contributed by atoms with E-state index in [4.69, 9.17) is 9.47 Å². The molecule has 2 atom stereocenters. The Morgan fingerprint density at radius 2 is 2.08 bits per heavy atom. The Bertz CT molecular complexity index is 562. The van der Waals surface area contributed by atoms with E-state index in [0.717, 1.165) is 36.4 Å². The highest BCUT2D eigenvalue weighted by molar-refractivity contribution is 5.76. The van der Waals surface area contributed by atoms with Crippen LogP contribution in [0.5, 0.6) is 11.5 Å². The van der Waals surface area contributed by atoms with Crippen LogP contribution in [0, 0.1) is 0 Å². The van der Waals surface area contributed by atoms with E-state index in [1.54, 1.807) is 14.2 Å². The number of carbonyl (C=O) groups excluding carboxylic acids is 1. The van der Waals surface area contributed by atoms with Crippen molar-refractivity contribution in [3.05, 3.63) is 23.8 Å². The van der Waals surface area contributed by atoms with Gasteiger partial charge in [-0.05, 0) is 57.0 Å². The summed E-state index contributed by atoms with van der Waals surface area (Å²) in [5.41, 5.74) is 1.01. The van der Waals surface area contributed by atoms with Crippen molar-refractivity contribution in [1.82, 2.24) is 9.80 Å². The second-order valence-electron chi connectivity index (χ2n) is 6.69. The van der Waals surface area contributed by atoms with Crippen LogP contribution in [0.15, 0.2) is 18.2 Å². The lowest BCUT2D eigenvalue weighted by atomic mass is 9.97. The van der Waals surface area contributed by atoms with Gasteiger partial charge < -0.3 is 19.3 Å². The number of ether oxygens (including phenoxy) is 2. The molecule has 0 spiro atoms. The minimum absolute atomic E-state index is 0.196. The molecule has 0 aromatic heterocycles. The number of hydrogen-bond donors (Lipinski definition) is 0. The quantitative estimate of drug-likeness (QED) is 0.802. The van der Waals surface area contributed by atoms with Crippen molar-refractivity contribution in [2.45, 2.75) is 44.7 Å². The van der Waals surface area contributed by atoms with Crippen LogP contribution in [0.1, 0.15) is 31.7 Å². The molecule has 0 bridgehead atoms. The zero-order valence-corrected chi connectivity index (χ0v) is 15.5. The molecule has 134 valence electrons. The van der Waals surface area contributed by atoms with E-state index in [0.29, 0.717) is 24.9 Å². The number of piperidine rings is 1. The molecular weight excluding hydrogens is 304 g/mol. The third-order valence-corrected chi connectivity index (χ3v) is 5.22. The normalized spacial score (nSPS) is 21.4. The van der Waals surface area contributed by atoms with Gasteiger partial charge in [-0.25, -0.2) is 0 Å². The summed E-state index contributed by atoms with van der Waals surface area (Å²) in [5.74, 6) is 1.79. The fourth-order valence-electron chi connectivity index (χ4n) is 3.32. The number of benzene rings is 1. The van der Waals surface area contributed by atoms with Gasteiger partial charge in [0.05, 0.1) is 14.2 Å². The molecule has 1 amide bonds. The van der Waals surface area contributed by atoms with Gasteiger partial charge in [0.2, 0.25) is 5.91 Å². The fourth-order valence-corrected chi connectivity index (χ4v) is 3.32. The number of methoxy groups -OCH3 is 2. The highest BCUT2D eigenvalue weighted by atomic mass is 16.5. The molecule has 0 N–H and O–H groups in total. The molecule has 0 aliphatic carbocycles. The monoisotopic (exact) mass is 334 g/mol. The Kier molecular flexibility index (Phi) is 6.49. The molecule has 24 heavy (non-hydrogen) atoms. The van der Waals surface area contributed by atoms with Crippen LogP contribution in [-0.4, -0.2) is 62.7 Å². The predicted octanol–water partition coefficient (Wildman–Crippen LogP) is 2.58. The van der Waals surface area contributed by atoms with Crippen LogP contribution in [0.2, 0.25) is 0 Å². The van der Waals surface area contributed by atoms with Gasteiger partial charge in [0.25, 0.3) is 0 Å². The summed E-state index contributed by atoms with van der Waals surface area (Å²) < 4.78 is 10.7. The lowest BCUT2D eigenvalue weighted by Crippen LogP contribution is -2.48. The molecule has 0 saturated carbocycles. The first-order valence-corrected chi connectivity index (χ1v) is 8.63. The van der Waals surface area contributed by atoms with Crippen LogP contribution in [0.4, 0.5) is 0 Å². The van der Waals surface area contributed by atoms with Gasteiger partial charge >= 0.3 is 0 Å². The number of hydrogen-bond acceptors (Lipinski definition) is 4. The fraction of sp³-hybridized carbons (Fsp3) is 0.632. The van der Waals surface area contributed by atoms with Crippen molar-refractivity contribution in [3.63, 3.8) is 0 Å². The Morgan fingerprint density at radius 3 is 2.71 bits per heavy atom. The predicted molar refractivity (Wildman–Crippen MR) is 95.8 cm³/mol. The molecule has 1 aromatic carbocycles. The van der Waals surface area contributed by atoms with E-state index in [9.17, 15) is 4.79 Å². The lowest BCUT2D eigenvalue weighted by Gasteiger charge is -2.39. The van der Waals surface area contributed by atoms with Gasteiger partial charge in [0, 0.05) is 32.1 Å². The average molecular weight is 334 g/mol. The standard InChI is InChI=1S/C19H30N2O3/c1-14-12-16(10-11-20(14)2)21(3)19(22)9-6-15-13-17(23-4)7-8-18(15)24-5/h7-8,13-14,16H,6,9-12H2,1-5H3/t14-,16-/m1/s1. The van der Waals surface area contributed by atoms with Crippen molar-refractivity contribution in [1.29, 1.82) is 0 Å². The van der Waals surface area contributed by atoms with Crippen LogP contribution >= 0.6 is 0 Å². The minimum Gasteiger partial charge on any atom is -0.497 e. The van der Waals surface area contributed by atoms with Gasteiger partial charge in [-0.3, -0.25) is 4.79 Å². The van der Waals surface area contributed by atoms with E-state index < -0.39 is 0 Å². The molecule has 1 aromatic rings. The average Bonchev–Trinajstić information content (AvgIpc) is 2.60. The second kappa shape index (κ2) is 8.38. The highest BCUT2D eigenvalue weighted by Crippen LogP contribution is 2.26. The molecule has 5 nitrogen and oxygen atoms in total. The first kappa shape index (κ1) is 18.6. The van der Waals surface area contributed by atoms with Crippen LogP contribution in [-0.2, 0) is 11.2 Å². The number of aryl methyl sites for hydroxylation is 1. The first-order chi connectivity index (χ1) is 11.5. The molecule has 1 saturated heterocycles. The van der Waals surface area contributed by atoms with E-state index >= 15 is 0 Å². The van der Waals surface area contributed by atoms with Gasteiger partial charge in [-0.2, -0.15) is 0 Å². The second-order valence-corrected chi connectivity index (χ2v) is 6.69. The number of rotatable bonds is 6. The molecule has 1 aliphatic rings. The number of carbonyl (C=O) groups is 1. The summed E-state index contributed by atoms with van der Waals surface area (Å²) in [6.45, 7) is 3.28. The maximum Gasteiger partial charge on any atom is 0.222 e. The van der Waals surface area contributed by atoms with Crippen LogP contribution in [0.3, 0.4) is 0 Å². The Morgan fingerprint density at radius 1 is 1.33 bits per heavy atom. The summed E-state index contributed by atoms with van der Waals surface area (Å²) >= 11 is 0. The summed E-state index contributed by atoms with van der Waals surface area (Å²) in [7, 11) is 7.39. The van der Waals surface area contributed by atoms with E-state index in [1.807, 2.05) is 30.1 Å². The Hall–Kier alpha value is -1.75. The molecule has 1 heterocycles. The molecule has 0 unspecified atom stereocenters. The van der Waals surface area contributed by atoms with Crippen molar-refractivity contribution >= 4 is 5.91 Å². The van der Waals surface area contributed by atoms with Gasteiger partial charge in [-0.1, -0.05) is 0 Å². The molecule has 0 radical (unpaired) electrons. The third-order valence-electron chi connectivity index (χ3n) is 5.22. The summed E-state index contributed by atoms with van der Waals surface area (Å²) in [5, 5.41) is 0. The van der Waals surface area contributed by atoms with E-state index in [-0.39, 0.29) is 5.91 Å². The maximum atomic E-state index is 12.6. The first-order valence-electron chi connectivity index (χ1n) is 8.63. The van der Waals surface area contributed by atoms with Crippen molar-refractivity contribution in [3.8, 4) is 11.5 Å². The SMILES string of the molecule is COc1ccc(OC)c(CCC(=O)N(C)[C@@H]2CCN(C)[C@H](C)C2)c1. The molecule has 1 aliphatic heterocycles.